The van der Waals surface area contributed by atoms with Crippen LogP contribution in [0.3, 0.4) is 0 Å². The first-order valence-electron chi connectivity index (χ1n) is 5.31. The van der Waals surface area contributed by atoms with Crippen LogP contribution in [-0.4, -0.2) is 35.0 Å². The molecule has 0 spiro atoms. The van der Waals surface area contributed by atoms with Gasteiger partial charge in [0.25, 0.3) is 0 Å². The average molecular weight is 213 g/mol. The molecule has 1 fully saturated rings. The fraction of sp³-hybridized carbons (Fsp3) is 0.818. The summed E-state index contributed by atoms with van der Waals surface area (Å²) in [6.07, 6.45) is 0.918. The van der Waals surface area contributed by atoms with E-state index in [4.69, 9.17) is 4.74 Å². The average Bonchev–Trinajstić information content (AvgIpc) is 2.06. The fourth-order valence-corrected chi connectivity index (χ4v) is 1.52. The highest BCUT2D eigenvalue weighted by atomic mass is 16.6. The molecule has 0 N–H and O–H groups in total. The van der Waals surface area contributed by atoms with Crippen LogP contribution in [0.4, 0.5) is 4.79 Å². The minimum absolute atomic E-state index is 0.0950. The molecule has 4 nitrogen and oxygen atoms in total. The van der Waals surface area contributed by atoms with Gasteiger partial charge < -0.3 is 4.74 Å². The lowest BCUT2D eigenvalue weighted by molar-refractivity contribution is -0.123. The summed E-state index contributed by atoms with van der Waals surface area (Å²) in [7, 11) is 0. The third-order valence-corrected chi connectivity index (χ3v) is 2.35. The molecular formula is C11H19NO3. The van der Waals surface area contributed by atoms with E-state index in [1.807, 2.05) is 27.7 Å². The van der Waals surface area contributed by atoms with Gasteiger partial charge in [0.1, 0.15) is 5.60 Å². The smallest absolute Gasteiger partial charge is 0.410 e. The lowest BCUT2D eigenvalue weighted by atomic mass is 10.0. The first-order chi connectivity index (χ1) is 6.79. The van der Waals surface area contributed by atoms with Gasteiger partial charge >= 0.3 is 6.09 Å². The van der Waals surface area contributed by atoms with Crippen LogP contribution in [0.5, 0.6) is 0 Å². The number of hydrogen-bond donors (Lipinski definition) is 0. The first-order valence-corrected chi connectivity index (χ1v) is 5.31. The van der Waals surface area contributed by atoms with Gasteiger partial charge in [0, 0.05) is 12.5 Å². The van der Waals surface area contributed by atoms with E-state index in [9.17, 15) is 9.59 Å². The SMILES string of the molecule is CC1CCC(=O)CN1C(=O)OC(C)(C)C. The molecule has 0 saturated carbocycles. The maximum Gasteiger partial charge on any atom is 0.410 e. The fourth-order valence-electron chi connectivity index (χ4n) is 1.52. The zero-order chi connectivity index (χ0) is 11.6. The normalized spacial score (nSPS) is 22.8. The predicted molar refractivity (Wildman–Crippen MR) is 56.6 cm³/mol. The number of likely N-dealkylation sites (tertiary alicyclic amines) is 1. The molecule has 15 heavy (non-hydrogen) atoms. The van der Waals surface area contributed by atoms with E-state index >= 15 is 0 Å². The number of amides is 1. The van der Waals surface area contributed by atoms with Crippen molar-refractivity contribution in [1.29, 1.82) is 0 Å². The largest absolute Gasteiger partial charge is 0.444 e. The van der Waals surface area contributed by atoms with Crippen LogP contribution in [0.25, 0.3) is 0 Å². The van der Waals surface area contributed by atoms with Crippen LogP contribution in [0.2, 0.25) is 0 Å². The van der Waals surface area contributed by atoms with Crippen molar-refractivity contribution < 1.29 is 14.3 Å². The highest BCUT2D eigenvalue weighted by Crippen LogP contribution is 2.18. The second-order valence-corrected chi connectivity index (χ2v) is 5.03. The summed E-state index contributed by atoms with van der Waals surface area (Å²) in [5, 5.41) is 0. The lowest BCUT2D eigenvalue weighted by Crippen LogP contribution is -2.47. The predicted octanol–water partition coefficient (Wildman–Crippen LogP) is 1.97. The first kappa shape index (κ1) is 12.0. The Morgan fingerprint density at radius 2 is 2.07 bits per heavy atom. The molecule has 0 aromatic rings. The molecule has 0 aromatic carbocycles. The molecule has 1 amide bonds. The Bertz CT molecular complexity index is 267. The minimum atomic E-state index is -0.503. The summed E-state index contributed by atoms with van der Waals surface area (Å²) < 4.78 is 5.23. The van der Waals surface area contributed by atoms with E-state index in [1.165, 1.54) is 4.90 Å². The number of carbonyl (C=O) groups is 2. The van der Waals surface area contributed by atoms with Crippen molar-refractivity contribution in [3.8, 4) is 0 Å². The highest BCUT2D eigenvalue weighted by molar-refractivity contribution is 5.85. The summed E-state index contributed by atoms with van der Waals surface area (Å²) >= 11 is 0. The molecule has 86 valence electrons. The number of Topliss-reactive ketones (excluding diaryl/α,β-unsaturated/α-hetero) is 1. The van der Waals surface area contributed by atoms with Crippen molar-refractivity contribution in [2.24, 2.45) is 0 Å². The van der Waals surface area contributed by atoms with Crippen molar-refractivity contribution in [1.82, 2.24) is 4.90 Å². The van der Waals surface area contributed by atoms with Crippen molar-refractivity contribution in [3.63, 3.8) is 0 Å². The molecule has 1 rings (SSSR count). The second-order valence-electron chi connectivity index (χ2n) is 5.03. The molecular weight excluding hydrogens is 194 g/mol. The highest BCUT2D eigenvalue weighted by Gasteiger charge is 2.30. The topological polar surface area (TPSA) is 46.6 Å². The zero-order valence-electron chi connectivity index (χ0n) is 9.87. The van der Waals surface area contributed by atoms with Gasteiger partial charge in [0.2, 0.25) is 0 Å². The third kappa shape index (κ3) is 3.53. The Balaban J connectivity index is 2.61. The van der Waals surface area contributed by atoms with Gasteiger partial charge in [-0.25, -0.2) is 4.79 Å². The monoisotopic (exact) mass is 213 g/mol. The van der Waals surface area contributed by atoms with Gasteiger partial charge in [-0.1, -0.05) is 0 Å². The number of carbonyl (C=O) groups excluding carboxylic acids is 2. The lowest BCUT2D eigenvalue weighted by Gasteiger charge is -2.34. The quantitative estimate of drug-likeness (QED) is 0.618. The number of nitrogens with zero attached hydrogens (tertiary/aromatic N) is 1. The molecule has 1 saturated heterocycles. The number of rotatable bonds is 0. The van der Waals surface area contributed by atoms with Crippen LogP contribution in [0.15, 0.2) is 0 Å². The van der Waals surface area contributed by atoms with Crippen LogP contribution in [0, 0.1) is 0 Å². The van der Waals surface area contributed by atoms with Gasteiger partial charge in [-0.05, 0) is 34.1 Å². The van der Waals surface area contributed by atoms with E-state index < -0.39 is 5.60 Å². The maximum absolute atomic E-state index is 11.7. The van der Waals surface area contributed by atoms with E-state index in [-0.39, 0.29) is 24.5 Å². The summed E-state index contributed by atoms with van der Waals surface area (Å²) in [6.45, 7) is 7.59. The number of ether oxygens (including phenoxy) is 1. The molecule has 1 unspecified atom stereocenters. The van der Waals surface area contributed by atoms with Crippen LogP contribution in [0.1, 0.15) is 40.5 Å². The van der Waals surface area contributed by atoms with Crippen molar-refractivity contribution in [3.05, 3.63) is 0 Å². The van der Waals surface area contributed by atoms with Crippen molar-refractivity contribution in [2.45, 2.75) is 52.2 Å². The van der Waals surface area contributed by atoms with Gasteiger partial charge in [0.05, 0.1) is 6.54 Å². The molecule has 1 aliphatic heterocycles. The minimum Gasteiger partial charge on any atom is -0.444 e. The number of hydrogen-bond acceptors (Lipinski definition) is 3. The Morgan fingerprint density at radius 1 is 1.47 bits per heavy atom. The van der Waals surface area contributed by atoms with E-state index in [0.717, 1.165) is 6.42 Å². The third-order valence-electron chi connectivity index (χ3n) is 2.35. The standard InChI is InChI=1S/C11H19NO3/c1-8-5-6-9(13)7-12(8)10(14)15-11(2,3)4/h8H,5-7H2,1-4H3. The number of ketones is 1. The molecule has 1 aliphatic rings. The second kappa shape index (κ2) is 4.21. The molecule has 0 aliphatic carbocycles. The molecule has 1 heterocycles. The van der Waals surface area contributed by atoms with Gasteiger partial charge in [-0.2, -0.15) is 0 Å². The van der Waals surface area contributed by atoms with Gasteiger partial charge in [-0.15, -0.1) is 0 Å². The summed E-state index contributed by atoms with van der Waals surface area (Å²) in [5.74, 6) is 0.110. The van der Waals surface area contributed by atoms with Crippen LogP contribution >= 0.6 is 0 Å². The van der Waals surface area contributed by atoms with Crippen LogP contribution < -0.4 is 0 Å². The molecule has 4 heteroatoms. The Morgan fingerprint density at radius 3 is 2.60 bits per heavy atom. The van der Waals surface area contributed by atoms with Crippen molar-refractivity contribution >= 4 is 11.9 Å². The summed E-state index contributed by atoms with van der Waals surface area (Å²) in [4.78, 5) is 24.5. The summed E-state index contributed by atoms with van der Waals surface area (Å²) in [5.41, 5.74) is -0.503. The Hall–Kier alpha value is -1.06. The molecule has 0 bridgehead atoms. The molecule has 0 aromatic heterocycles. The van der Waals surface area contributed by atoms with Crippen LogP contribution in [-0.2, 0) is 9.53 Å². The van der Waals surface area contributed by atoms with E-state index in [0.29, 0.717) is 6.42 Å². The molecule has 1 atom stereocenters. The summed E-state index contributed by atoms with van der Waals surface area (Å²) in [6, 6.07) is 0.0950. The van der Waals surface area contributed by atoms with E-state index in [1.54, 1.807) is 0 Å². The number of piperidine rings is 1. The Kier molecular flexibility index (Phi) is 3.37. The zero-order valence-corrected chi connectivity index (χ0v) is 9.87. The van der Waals surface area contributed by atoms with Gasteiger partial charge in [-0.3, -0.25) is 9.69 Å². The molecule has 0 radical (unpaired) electrons. The van der Waals surface area contributed by atoms with Crippen molar-refractivity contribution in [2.75, 3.05) is 6.54 Å². The Labute approximate surface area is 90.6 Å². The van der Waals surface area contributed by atoms with Gasteiger partial charge in [0.15, 0.2) is 5.78 Å². The maximum atomic E-state index is 11.7. The van der Waals surface area contributed by atoms with E-state index in [2.05, 4.69) is 0 Å².